The third kappa shape index (κ3) is 2.21. The second-order valence-electron chi connectivity index (χ2n) is 5.63. The van der Waals surface area contributed by atoms with Crippen molar-refractivity contribution in [3.8, 4) is 6.07 Å². The molecule has 0 bridgehead atoms. The predicted octanol–water partition coefficient (Wildman–Crippen LogP) is 2.99. The highest BCUT2D eigenvalue weighted by atomic mass is 16.3. The minimum Gasteiger partial charge on any atom is -0.389 e. The highest BCUT2D eigenvalue weighted by molar-refractivity contribution is 5.60. The maximum atomic E-state index is 9.89. The van der Waals surface area contributed by atoms with Gasteiger partial charge in [0.05, 0.1) is 17.7 Å². The van der Waals surface area contributed by atoms with Crippen LogP contribution in [-0.4, -0.2) is 17.2 Å². The Labute approximate surface area is 109 Å². The summed E-state index contributed by atoms with van der Waals surface area (Å²) < 4.78 is 0. The van der Waals surface area contributed by atoms with Crippen molar-refractivity contribution in [1.29, 1.82) is 5.26 Å². The summed E-state index contributed by atoms with van der Waals surface area (Å²) in [6, 6.07) is 7.71. The Bertz CT molecular complexity index is 486. The molecule has 0 aromatic heterocycles. The minimum absolute atomic E-state index is 0.0950. The SMILES string of the molecule is CC(O)c1ccc(C#N)cc1N1CCCC1(C)C. The lowest BCUT2D eigenvalue weighted by Crippen LogP contribution is -2.38. The quantitative estimate of drug-likeness (QED) is 0.870. The number of nitriles is 1. The summed E-state index contributed by atoms with van der Waals surface area (Å²) in [5.74, 6) is 0. The van der Waals surface area contributed by atoms with Gasteiger partial charge < -0.3 is 10.0 Å². The molecule has 1 saturated heterocycles. The molecule has 3 heteroatoms. The Morgan fingerprint density at radius 1 is 1.44 bits per heavy atom. The summed E-state index contributed by atoms with van der Waals surface area (Å²) >= 11 is 0. The molecule has 0 radical (unpaired) electrons. The zero-order valence-electron chi connectivity index (χ0n) is 11.3. The lowest BCUT2D eigenvalue weighted by atomic mass is 9.98. The van der Waals surface area contributed by atoms with Crippen molar-refractivity contribution in [3.63, 3.8) is 0 Å². The Morgan fingerprint density at radius 3 is 2.67 bits per heavy atom. The van der Waals surface area contributed by atoms with E-state index in [1.54, 1.807) is 13.0 Å². The van der Waals surface area contributed by atoms with E-state index in [0.29, 0.717) is 5.56 Å². The van der Waals surface area contributed by atoms with Crippen LogP contribution in [0.4, 0.5) is 5.69 Å². The average Bonchev–Trinajstić information content (AvgIpc) is 2.67. The van der Waals surface area contributed by atoms with E-state index >= 15 is 0 Å². The number of rotatable bonds is 2. The molecule has 1 aliphatic rings. The lowest BCUT2D eigenvalue weighted by Gasteiger charge is -2.35. The maximum absolute atomic E-state index is 9.89. The van der Waals surface area contributed by atoms with Crippen LogP contribution < -0.4 is 4.90 Å². The smallest absolute Gasteiger partial charge is 0.0992 e. The van der Waals surface area contributed by atoms with Gasteiger partial charge in [-0.2, -0.15) is 5.26 Å². The van der Waals surface area contributed by atoms with E-state index in [-0.39, 0.29) is 5.54 Å². The van der Waals surface area contributed by atoms with Crippen molar-refractivity contribution in [2.75, 3.05) is 11.4 Å². The van der Waals surface area contributed by atoms with E-state index < -0.39 is 6.10 Å². The van der Waals surface area contributed by atoms with Crippen LogP contribution in [0.2, 0.25) is 0 Å². The Morgan fingerprint density at radius 2 is 2.17 bits per heavy atom. The second-order valence-corrected chi connectivity index (χ2v) is 5.63. The van der Waals surface area contributed by atoms with Crippen LogP contribution in [0.5, 0.6) is 0 Å². The number of aliphatic hydroxyl groups is 1. The average molecular weight is 244 g/mol. The van der Waals surface area contributed by atoms with Crippen LogP contribution in [0.3, 0.4) is 0 Å². The molecule has 1 aromatic carbocycles. The van der Waals surface area contributed by atoms with E-state index in [1.165, 1.54) is 0 Å². The van der Waals surface area contributed by atoms with Gasteiger partial charge in [0.2, 0.25) is 0 Å². The van der Waals surface area contributed by atoms with E-state index in [4.69, 9.17) is 5.26 Å². The van der Waals surface area contributed by atoms with Crippen LogP contribution in [0.1, 0.15) is 50.8 Å². The number of benzene rings is 1. The monoisotopic (exact) mass is 244 g/mol. The van der Waals surface area contributed by atoms with E-state index in [1.807, 2.05) is 12.1 Å². The molecule has 1 aliphatic heterocycles. The van der Waals surface area contributed by atoms with Gasteiger partial charge in [0, 0.05) is 23.3 Å². The molecule has 1 heterocycles. The zero-order valence-corrected chi connectivity index (χ0v) is 11.3. The van der Waals surface area contributed by atoms with Crippen molar-refractivity contribution in [3.05, 3.63) is 29.3 Å². The molecule has 0 amide bonds. The molecule has 2 rings (SSSR count). The Kier molecular flexibility index (Phi) is 3.32. The first kappa shape index (κ1) is 12.9. The van der Waals surface area contributed by atoms with Gasteiger partial charge in [0.15, 0.2) is 0 Å². The van der Waals surface area contributed by atoms with Gasteiger partial charge in [0.1, 0.15) is 0 Å². The molecule has 3 nitrogen and oxygen atoms in total. The molecule has 1 fully saturated rings. The summed E-state index contributed by atoms with van der Waals surface area (Å²) in [4.78, 5) is 2.32. The summed E-state index contributed by atoms with van der Waals surface area (Å²) in [6.07, 6.45) is 1.79. The molecular formula is C15H20N2O. The van der Waals surface area contributed by atoms with Crippen molar-refractivity contribution < 1.29 is 5.11 Å². The fourth-order valence-corrected chi connectivity index (χ4v) is 2.75. The first-order valence-corrected chi connectivity index (χ1v) is 6.45. The maximum Gasteiger partial charge on any atom is 0.0992 e. The number of nitrogens with zero attached hydrogens (tertiary/aromatic N) is 2. The minimum atomic E-state index is -0.510. The first-order valence-electron chi connectivity index (χ1n) is 6.45. The van der Waals surface area contributed by atoms with E-state index in [9.17, 15) is 5.11 Å². The molecular weight excluding hydrogens is 224 g/mol. The number of anilines is 1. The largest absolute Gasteiger partial charge is 0.389 e. The molecule has 96 valence electrons. The van der Waals surface area contributed by atoms with Crippen molar-refractivity contribution >= 4 is 5.69 Å². The van der Waals surface area contributed by atoms with Gasteiger partial charge in [-0.25, -0.2) is 0 Å². The van der Waals surface area contributed by atoms with E-state index in [2.05, 4.69) is 24.8 Å². The first-order chi connectivity index (χ1) is 8.45. The highest BCUT2D eigenvalue weighted by Crippen LogP contribution is 2.37. The van der Waals surface area contributed by atoms with Gasteiger partial charge in [-0.1, -0.05) is 6.07 Å². The van der Waals surface area contributed by atoms with Crippen LogP contribution in [0.25, 0.3) is 0 Å². The molecule has 0 spiro atoms. The normalized spacial score (nSPS) is 19.6. The number of aliphatic hydroxyl groups excluding tert-OH is 1. The molecule has 1 unspecified atom stereocenters. The van der Waals surface area contributed by atoms with Gasteiger partial charge >= 0.3 is 0 Å². The highest BCUT2D eigenvalue weighted by Gasteiger charge is 2.33. The third-order valence-electron chi connectivity index (χ3n) is 3.80. The predicted molar refractivity (Wildman–Crippen MR) is 72.4 cm³/mol. The number of hydrogen-bond acceptors (Lipinski definition) is 3. The second kappa shape index (κ2) is 4.62. The molecule has 1 aromatic rings. The molecule has 18 heavy (non-hydrogen) atoms. The Balaban J connectivity index is 2.51. The molecule has 1 atom stereocenters. The zero-order chi connectivity index (χ0) is 13.3. The summed E-state index contributed by atoms with van der Waals surface area (Å²) in [7, 11) is 0. The van der Waals surface area contributed by atoms with Gasteiger partial charge in [-0.15, -0.1) is 0 Å². The van der Waals surface area contributed by atoms with Gasteiger partial charge in [-0.05, 0) is 45.7 Å². The molecule has 0 saturated carbocycles. The fraction of sp³-hybridized carbons (Fsp3) is 0.533. The van der Waals surface area contributed by atoms with Crippen LogP contribution in [0, 0.1) is 11.3 Å². The Hall–Kier alpha value is -1.53. The van der Waals surface area contributed by atoms with E-state index in [0.717, 1.165) is 30.6 Å². The topological polar surface area (TPSA) is 47.3 Å². The van der Waals surface area contributed by atoms with Crippen molar-refractivity contribution in [2.45, 2.75) is 45.3 Å². The van der Waals surface area contributed by atoms with Crippen LogP contribution in [0.15, 0.2) is 18.2 Å². The van der Waals surface area contributed by atoms with Crippen LogP contribution >= 0.6 is 0 Å². The molecule has 0 aliphatic carbocycles. The van der Waals surface area contributed by atoms with Crippen LogP contribution in [-0.2, 0) is 0 Å². The fourth-order valence-electron chi connectivity index (χ4n) is 2.75. The van der Waals surface area contributed by atoms with Crippen molar-refractivity contribution in [1.82, 2.24) is 0 Å². The van der Waals surface area contributed by atoms with Gasteiger partial charge in [0.25, 0.3) is 0 Å². The summed E-state index contributed by atoms with van der Waals surface area (Å²) in [5.41, 5.74) is 2.66. The summed E-state index contributed by atoms with van der Waals surface area (Å²) in [6.45, 7) is 7.19. The molecule has 1 N–H and O–H groups in total. The third-order valence-corrected chi connectivity index (χ3v) is 3.80. The van der Waals surface area contributed by atoms with Gasteiger partial charge in [-0.3, -0.25) is 0 Å². The standard InChI is InChI=1S/C15H20N2O/c1-11(18)13-6-5-12(10-16)9-14(13)17-8-4-7-15(17,2)3/h5-6,9,11,18H,4,7-8H2,1-3H3. The number of hydrogen-bond donors (Lipinski definition) is 1. The lowest BCUT2D eigenvalue weighted by molar-refractivity contribution is 0.199. The van der Waals surface area contributed by atoms with Crippen molar-refractivity contribution in [2.24, 2.45) is 0 Å². The summed E-state index contributed by atoms with van der Waals surface area (Å²) in [5, 5.41) is 18.9.